The predicted octanol–water partition coefficient (Wildman–Crippen LogP) is 2.38. The van der Waals surface area contributed by atoms with E-state index >= 15 is 0 Å². The number of fused-ring (bicyclic) bond motifs is 1. The smallest absolute Gasteiger partial charge is 0.136 e. The van der Waals surface area contributed by atoms with Crippen LogP contribution in [-0.2, 0) is 4.79 Å². The summed E-state index contributed by atoms with van der Waals surface area (Å²) < 4.78 is 0. The van der Waals surface area contributed by atoms with Crippen LogP contribution in [0.5, 0.6) is 0 Å². The number of carbonyl (C=O) groups is 1. The summed E-state index contributed by atoms with van der Waals surface area (Å²) in [5.74, 6) is 2.15. The number of rotatable bonds is 1. The van der Waals surface area contributed by atoms with E-state index in [0.717, 1.165) is 12.8 Å². The monoisotopic (exact) mass is 172 g/mol. The first-order valence-corrected chi connectivity index (χ1v) is 4.95. The standard InChI is InChI=1S/C12H12O/c13-10-7-6-9-11(12(9)10)8-4-2-1-3-5-8/h1-5,9,11-12H,6-7H2/t9-,11?,12+/m0/s1. The van der Waals surface area contributed by atoms with E-state index in [-0.39, 0.29) is 0 Å². The molecular formula is C12H12O. The van der Waals surface area contributed by atoms with Crippen molar-refractivity contribution in [2.45, 2.75) is 18.8 Å². The van der Waals surface area contributed by atoms with Gasteiger partial charge in [-0.25, -0.2) is 0 Å². The highest BCUT2D eigenvalue weighted by Crippen LogP contribution is 2.61. The normalized spacial score (nSPS) is 36.0. The van der Waals surface area contributed by atoms with E-state index in [1.54, 1.807) is 0 Å². The molecule has 2 aliphatic rings. The quantitative estimate of drug-likeness (QED) is 0.635. The van der Waals surface area contributed by atoms with Crippen LogP contribution in [0.4, 0.5) is 0 Å². The van der Waals surface area contributed by atoms with Crippen molar-refractivity contribution in [3.63, 3.8) is 0 Å². The number of Topliss-reactive ketones (excluding diaryl/α,β-unsaturated/α-hetero) is 1. The van der Waals surface area contributed by atoms with Crippen LogP contribution in [0, 0.1) is 11.8 Å². The molecule has 66 valence electrons. The predicted molar refractivity (Wildman–Crippen MR) is 50.4 cm³/mol. The molecule has 13 heavy (non-hydrogen) atoms. The van der Waals surface area contributed by atoms with Gasteiger partial charge in [0.25, 0.3) is 0 Å². The molecule has 0 heterocycles. The third-order valence-electron chi connectivity index (χ3n) is 3.45. The van der Waals surface area contributed by atoms with Gasteiger partial charge in [0.05, 0.1) is 0 Å². The Labute approximate surface area is 77.8 Å². The maximum Gasteiger partial charge on any atom is 0.136 e. The topological polar surface area (TPSA) is 17.1 Å². The zero-order valence-electron chi connectivity index (χ0n) is 7.44. The van der Waals surface area contributed by atoms with Gasteiger partial charge < -0.3 is 0 Å². The summed E-state index contributed by atoms with van der Waals surface area (Å²) in [6, 6.07) is 10.5. The van der Waals surface area contributed by atoms with Crippen molar-refractivity contribution in [2.75, 3.05) is 0 Å². The molecule has 3 atom stereocenters. The fourth-order valence-electron chi connectivity index (χ4n) is 2.78. The minimum absolute atomic E-state index is 0.391. The molecule has 1 unspecified atom stereocenters. The Morgan fingerprint density at radius 1 is 1.08 bits per heavy atom. The van der Waals surface area contributed by atoms with Gasteiger partial charge in [0, 0.05) is 12.3 Å². The maximum absolute atomic E-state index is 11.4. The second-order valence-electron chi connectivity index (χ2n) is 4.13. The Balaban J connectivity index is 1.88. The van der Waals surface area contributed by atoms with E-state index < -0.39 is 0 Å². The lowest BCUT2D eigenvalue weighted by Gasteiger charge is -2.01. The summed E-state index contributed by atoms with van der Waals surface area (Å²) in [6.45, 7) is 0. The van der Waals surface area contributed by atoms with Crippen LogP contribution in [-0.4, -0.2) is 5.78 Å². The average molecular weight is 172 g/mol. The molecule has 2 saturated carbocycles. The fourth-order valence-corrected chi connectivity index (χ4v) is 2.78. The number of hydrogen-bond acceptors (Lipinski definition) is 1. The molecule has 1 heteroatoms. The molecule has 0 N–H and O–H groups in total. The Bertz CT molecular complexity index is 341. The molecular weight excluding hydrogens is 160 g/mol. The molecule has 2 aliphatic carbocycles. The first-order chi connectivity index (χ1) is 6.38. The number of hydrogen-bond donors (Lipinski definition) is 0. The SMILES string of the molecule is O=C1CC[C@H]2C(c3ccccc3)[C@@H]12. The lowest BCUT2D eigenvalue weighted by molar-refractivity contribution is -0.119. The third-order valence-corrected chi connectivity index (χ3v) is 3.45. The van der Waals surface area contributed by atoms with Crippen LogP contribution in [0.1, 0.15) is 24.3 Å². The van der Waals surface area contributed by atoms with Crippen LogP contribution in [0.3, 0.4) is 0 Å². The zero-order chi connectivity index (χ0) is 8.84. The molecule has 0 saturated heterocycles. The van der Waals surface area contributed by atoms with Crippen molar-refractivity contribution in [3.05, 3.63) is 35.9 Å². The van der Waals surface area contributed by atoms with E-state index in [4.69, 9.17) is 0 Å². The molecule has 0 aromatic heterocycles. The van der Waals surface area contributed by atoms with Gasteiger partial charge in [0.2, 0.25) is 0 Å². The molecule has 0 radical (unpaired) electrons. The summed E-state index contributed by atoms with van der Waals surface area (Å²) in [6.07, 6.45) is 1.96. The largest absolute Gasteiger partial charge is 0.299 e. The second-order valence-corrected chi connectivity index (χ2v) is 4.13. The van der Waals surface area contributed by atoms with Crippen molar-refractivity contribution >= 4 is 5.78 Å². The number of benzene rings is 1. The highest BCUT2D eigenvalue weighted by molar-refractivity contribution is 5.88. The number of carbonyl (C=O) groups excluding carboxylic acids is 1. The molecule has 1 aromatic carbocycles. The molecule has 3 rings (SSSR count). The summed E-state index contributed by atoms with van der Waals surface area (Å²) >= 11 is 0. The number of ketones is 1. The molecule has 2 fully saturated rings. The van der Waals surface area contributed by atoms with Crippen LogP contribution < -0.4 is 0 Å². The van der Waals surface area contributed by atoms with Crippen molar-refractivity contribution in [1.29, 1.82) is 0 Å². The van der Waals surface area contributed by atoms with Crippen molar-refractivity contribution in [3.8, 4) is 0 Å². The molecule has 0 aliphatic heterocycles. The lowest BCUT2D eigenvalue weighted by atomic mass is 10.0. The Kier molecular flexibility index (Phi) is 1.37. The van der Waals surface area contributed by atoms with Crippen LogP contribution in [0.15, 0.2) is 30.3 Å². The highest BCUT2D eigenvalue weighted by Gasteiger charge is 2.58. The minimum atomic E-state index is 0.391. The Hall–Kier alpha value is -1.11. The van der Waals surface area contributed by atoms with Crippen LogP contribution >= 0.6 is 0 Å². The van der Waals surface area contributed by atoms with E-state index in [1.165, 1.54) is 5.56 Å². The molecule has 0 spiro atoms. The lowest BCUT2D eigenvalue weighted by Crippen LogP contribution is -1.98. The average Bonchev–Trinajstić information content (AvgIpc) is 2.80. The van der Waals surface area contributed by atoms with Gasteiger partial charge in [-0.15, -0.1) is 0 Å². The van der Waals surface area contributed by atoms with Gasteiger partial charge in [-0.05, 0) is 23.8 Å². The van der Waals surface area contributed by atoms with Crippen molar-refractivity contribution in [2.24, 2.45) is 11.8 Å². The van der Waals surface area contributed by atoms with E-state index in [9.17, 15) is 4.79 Å². The Morgan fingerprint density at radius 2 is 1.85 bits per heavy atom. The highest BCUT2D eigenvalue weighted by atomic mass is 16.1. The van der Waals surface area contributed by atoms with Crippen molar-refractivity contribution < 1.29 is 4.79 Å². The van der Waals surface area contributed by atoms with Gasteiger partial charge in [-0.2, -0.15) is 0 Å². The second kappa shape index (κ2) is 2.44. The van der Waals surface area contributed by atoms with Gasteiger partial charge in [-0.3, -0.25) is 4.79 Å². The summed E-state index contributed by atoms with van der Waals surface area (Å²) in [7, 11) is 0. The van der Waals surface area contributed by atoms with Gasteiger partial charge >= 0.3 is 0 Å². The summed E-state index contributed by atoms with van der Waals surface area (Å²) in [4.78, 5) is 11.4. The fraction of sp³-hybridized carbons (Fsp3) is 0.417. The Morgan fingerprint density at radius 3 is 2.46 bits per heavy atom. The molecule has 0 amide bonds. The van der Waals surface area contributed by atoms with Crippen LogP contribution in [0.25, 0.3) is 0 Å². The summed E-state index contributed by atoms with van der Waals surface area (Å²) in [5.41, 5.74) is 1.37. The first kappa shape index (κ1) is 7.31. The van der Waals surface area contributed by atoms with Crippen molar-refractivity contribution in [1.82, 2.24) is 0 Å². The zero-order valence-corrected chi connectivity index (χ0v) is 7.44. The molecule has 1 aromatic rings. The van der Waals surface area contributed by atoms with Crippen LogP contribution in [0.2, 0.25) is 0 Å². The molecule has 1 nitrogen and oxygen atoms in total. The third kappa shape index (κ3) is 0.963. The van der Waals surface area contributed by atoms with Gasteiger partial charge in [0.15, 0.2) is 0 Å². The van der Waals surface area contributed by atoms with Gasteiger partial charge in [-0.1, -0.05) is 30.3 Å². The van der Waals surface area contributed by atoms with E-state index in [2.05, 4.69) is 24.3 Å². The van der Waals surface area contributed by atoms with Gasteiger partial charge in [0.1, 0.15) is 5.78 Å². The minimum Gasteiger partial charge on any atom is -0.299 e. The molecule has 0 bridgehead atoms. The van der Waals surface area contributed by atoms with E-state index in [1.807, 2.05) is 6.07 Å². The van der Waals surface area contributed by atoms with E-state index in [0.29, 0.717) is 23.5 Å². The maximum atomic E-state index is 11.4. The summed E-state index contributed by atoms with van der Waals surface area (Å²) in [5, 5.41) is 0. The first-order valence-electron chi connectivity index (χ1n) is 4.95.